The zero-order valence-corrected chi connectivity index (χ0v) is 15.6. The van der Waals surface area contributed by atoms with Crippen LogP contribution in [0, 0.1) is 12.7 Å². The number of piperidine rings is 1. The van der Waals surface area contributed by atoms with Crippen molar-refractivity contribution in [2.24, 2.45) is 0 Å². The van der Waals surface area contributed by atoms with Gasteiger partial charge in [0.1, 0.15) is 5.82 Å². The molecule has 0 aliphatic carbocycles. The van der Waals surface area contributed by atoms with Gasteiger partial charge >= 0.3 is 0 Å². The fourth-order valence-electron chi connectivity index (χ4n) is 3.26. The van der Waals surface area contributed by atoms with Crippen molar-refractivity contribution in [3.63, 3.8) is 0 Å². The summed E-state index contributed by atoms with van der Waals surface area (Å²) >= 11 is 12.3. The summed E-state index contributed by atoms with van der Waals surface area (Å²) in [5.41, 5.74) is 4.55. The molecule has 1 aliphatic heterocycles. The summed E-state index contributed by atoms with van der Waals surface area (Å²) in [6, 6.07) is 8.10. The van der Waals surface area contributed by atoms with Crippen molar-refractivity contribution < 1.29 is 9.18 Å². The highest BCUT2D eigenvalue weighted by molar-refractivity contribution is 6.36. The first-order valence-corrected chi connectivity index (χ1v) is 8.88. The van der Waals surface area contributed by atoms with E-state index >= 15 is 0 Å². The highest BCUT2D eigenvalue weighted by Gasteiger charge is 2.20. The van der Waals surface area contributed by atoms with E-state index in [1.807, 2.05) is 13.8 Å². The average Bonchev–Trinajstić information content (AvgIpc) is 2.57. The van der Waals surface area contributed by atoms with E-state index in [0.29, 0.717) is 34.1 Å². The predicted octanol–water partition coefficient (Wildman–Crippen LogP) is 5.79. The molecule has 1 N–H and O–H groups in total. The van der Waals surface area contributed by atoms with Gasteiger partial charge in [-0.3, -0.25) is 4.79 Å². The lowest BCUT2D eigenvalue weighted by Gasteiger charge is -2.20. The van der Waals surface area contributed by atoms with E-state index in [1.54, 1.807) is 18.2 Å². The predicted molar refractivity (Wildman–Crippen MR) is 101 cm³/mol. The van der Waals surface area contributed by atoms with E-state index < -0.39 is 0 Å². The summed E-state index contributed by atoms with van der Waals surface area (Å²) in [5.74, 6) is -0.434. The van der Waals surface area contributed by atoms with Gasteiger partial charge in [0.25, 0.3) is 0 Å². The molecule has 1 fully saturated rings. The first kappa shape index (κ1) is 18.0. The van der Waals surface area contributed by atoms with Gasteiger partial charge in [-0.15, -0.1) is 0 Å². The normalized spacial score (nSPS) is 16.6. The second kappa shape index (κ2) is 7.19. The van der Waals surface area contributed by atoms with Crippen molar-refractivity contribution >= 4 is 34.7 Å². The van der Waals surface area contributed by atoms with Crippen molar-refractivity contribution in [1.82, 2.24) is 5.32 Å². The summed E-state index contributed by atoms with van der Waals surface area (Å²) in [5, 5.41) is 3.85. The van der Waals surface area contributed by atoms with Crippen LogP contribution in [0.15, 0.2) is 35.9 Å². The highest BCUT2D eigenvalue weighted by atomic mass is 35.5. The highest BCUT2D eigenvalue weighted by Crippen LogP contribution is 2.37. The molecular formula is C20H18Cl2FNO. The molecular weight excluding hydrogens is 360 g/mol. The number of allylic oxidation sites excluding steroid dienone is 1. The van der Waals surface area contributed by atoms with E-state index in [0.717, 1.165) is 28.7 Å². The first-order valence-electron chi connectivity index (χ1n) is 8.12. The SMILES string of the molecule is C/C(=C1/CCCNC1=O)c1cc(F)cc(-c2ccc(Cl)cc2Cl)c1C. The molecule has 1 amide bonds. The smallest absolute Gasteiger partial charge is 0.247 e. The molecule has 1 heterocycles. The maximum atomic E-state index is 14.3. The Morgan fingerprint density at radius 3 is 2.60 bits per heavy atom. The Morgan fingerprint density at radius 1 is 1.16 bits per heavy atom. The van der Waals surface area contributed by atoms with Crippen LogP contribution in [0.1, 0.15) is 30.9 Å². The number of carbonyl (C=O) groups excluding carboxylic acids is 1. The minimum atomic E-state index is -0.363. The maximum absolute atomic E-state index is 14.3. The number of nitrogens with one attached hydrogen (secondary N) is 1. The molecule has 2 aromatic carbocycles. The first-order chi connectivity index (χ1) is 11.9. The Hall–Kier alpha value is -1.84. The molecule has 0 radical (unpaired) electrons. The second-order valence-electron chi connectivity index (χ2n) is 6.21. The zero-order valence-electron chi connectivity index (χ0n) is 14.1. The van der Waals surface area contributed by atoms with Gasteiger partial charge in [-0.05, 0) is 73.2 Å². The number of carbonyl (C=O) groups is 1. The lowest BCUT2D eigenvalue weighted by Crippen LogP contribution is -2.31. The lowest BCUT2D eigenvalue weighted by molar-refractivity contribution is -0.118. The third-order valence-electron chi connectivity index (χ3n) is 4.61. The molecule has 130 valence electrons. The van der Waals surface area contributed by atoms with Crippen LogP contribution in [0.3, 0.4) is 0 Å². The molecule has 0 bridgehead atoms. The van der Waals surface area contributed by atoms with Crippen molar-refractivity contribution in [3.8, 4) is 11.1 Å². The second-order valence-corrected chi connectivity index (χ2v) is 7.06. The van der Waals surface area contributed by atoms with Gasteiger partial charge in [0.2, 0.25) is 5.91 Å². The molecule has 2 aromatic rings. The van der Waals surface area contributed by atoms with Crippen molar-refractivity contribution in [3.05, 3.63) is 62.9 Å². The van der Waals surface area contributed by atoms with Gasteiger partial charge in [0.15, 0.2) is 0 Å². The average molecular weight is 378 g/mol. The van der Waals surface area contributed by atoms with Crippen molar-refractivity contribution in [2.75, 3.05) is 6.54 Å². The van der Waals surface area contributed by atoms with Gasteiger partial charge in [0, 0.05) is 27.7 Å². The molecule has 1 aliphatic rings. The lowest BCUT2D eigenvalue weighted by atomic mass is 9.89. The monoisotopic (exact) mass is 377 g/mol. The summed E-state index contributed by atoms with van der Waals surface area (Å²) in [6.07, 6.45) is 1.59. The van der Waals surface area contributed by atoms with Crippen molar-refractivity contribution in [1.29, 1.82) is 0 Å². The number of benzene rings is 2. The largest absolute Gasteiger partial charge is 0.352 e. The van der Waals surface area contributed by atoms with Gasteiger partial charge in [-0.25, -0.2) is 4.39 Å². The van der Waals surface area contributed by atoms with Gasteiger partial charge < -0.3 is 5.32 Å². The molecule has 0 atom stereocenters. The third kappa shape index (κ3) is 3.58. The van der Waals surface area contributed by atoms with Crippen LogP contribution in [0.4, 0.5) is 4.39 Å². The topological polar surface area (TPSA) is 29.1 Å². The molecule has 0 saturated carbocycles. The zero-order chi connectivity index (χ0) is 18.1. The van der Waals surface area contributed by atoms with Crippen LogP contribution < -0.4 is 5.32 Å². The Morgan fingerprint density at radius 2 is 1.92 bits per heavy atom. The molecule has 2 nitrogen and oxygen atoms in total. The molecule has 0 spiro atoms. The fraction of sp³-hybridized carbons (Fsp3) is 0.250. The fourth-order valence-corrected chi connectivity index (χ4v) is 3.77. The summed E-state index contributed by atoms with van der Waals surface area (Å²) in [7, 11) is 0. The number of hydrogen-bond donors (Lipinski definition) is 1. The summed E-state index contributed by atoms with van der Waals surface area (Å²) in [6.45, 7) is 4.47. The summed E-state index contributed by atoms with van der Waals surface area (Å²) in [4.78, 5) is 12.2. The molecule has 1 saturated heterocycles. The van der Waals surface area contributed by atoms with Crippen LogP contribution in [0.25, 0.3) is 16.7 Å². The number of amides is 1. The van der Waals surface area contributed by atoms with E-state index in [2.05, 4.69) is 5.32 Å². The minimum absolute atomic E-state index is 0.0708. The van der Waals surface area contributed by atoms with Crippen molar-refractivity contribution in [2.45, 2.75) is 26.7 Å². The Kier molecular flexibility index (Phi) is 5.16. The Balaban J connectivity index is 2.18. The van der Waals surface area contributed by atoms with E-state index in [-0.39, 0.29) is 11.7 Å². The van der Waals surface area contributed by atoms with Crippen LogP contribution in [0.5, 0.6) is 0 Å². The molecule has 0 unspecified atom stereocenters. The number of hydrogen-bond acceptors (Lipinski definition) is 1. The van der Waals surface area contributed by atoms with Gasteiger partial charge in [-0.2, -0.15) is 0 Å². The Bertz CT molecular complexity index is 890. The van der Waals surface area contributed by atoms with Crippen LogP contribution in [-0.2, 0) is 4.79 Å². The summed E-state index contributed by atoms with van der Waals surface area (Å²) < 4.78 is 14.3. The van der Waals surface area contributed by atoms with E-state index in [9.17, 15) is 9.18 Å². The number of rotatable bonds is 2. The van der Waals surface area contributed by atoms with Crippen LogP contribution in [0.2, 0.25) is 10.0 Å². The standard InChI is InChI=1S/C20H18Cl2FNO/c1-11(15-4-3-7-24-20(15)25)17-9-14(23)10-18(12(17)2)16-6-5-13(21)8-19(16)22/h5-6,8-10H,3-4,7H2,1-2H3,(H,24,25)/b15-11+. The van der Waals surface area contributed by atoms with Crippen LogP contribution >= 0.6 is 23.2 Å². The minimum Gasteiger partial charge on any atom is -0.352 e. The van der Waals surface area contributed by atoms with E-state index in [1.165, 1.54) is 12.1 Å². The maximum Gasteiger partial charge on any atom is 0.247 e. The van der Waals surface area contributed by atoms with Crippen LogP contribution in [-0.4, -0.2) is 12.5 Å². The Labute approximate surface area is 156 Å². The molecule has 5 heteroatoms. The van der Waals surface area contributed by atoms with E-state index in [4.69, 9.17) is 23.2 Å². The van der Waals surface area contributed by atoms with Gasteiger partial charge in [0.05, 0.1) is 0 Å². The third-order valence-corrected chi connectivity index (χ3v) is 5.16. The molecule has 25 heavy (non-hydrogen) atoms. The quantitative estimate of drug-likeness (QED) is 0.659. The molecule has 0 aromatic heterocycles. The van der Waals surface area contributed by atoms with Gasteiger partial charge in [-0.1, -0.05) is 29.3 Å². The number of halogens is 3. The molecule has 3 rings (SSSR count).